The molecule has 4 nitrogen and oxygen atoms in total. The smallest absolute Gasteiger partial charge is 0.0713 e. The summed E-state index contributed by atoms with van der Waals surface area (Å²) in [4.78, 5) is 4.79. The lowest BCUT2D eigenvalue weighted by atomic mass is 9.68. The number of benzene rings is 24. The minimum Gasteiger partial charge on any atom is -0.311 e. The molecular weight excluding hydrogens is 1810 g/mol. The standard InChI is InChI=1S/2C73H50N2/c1-4-19-51(20-5-1)56-47-57(52-21-6-2-7-22-52)49-58(48-56)54-37-43-62(44-38-54)74(61-41-35-53(36-42-61)55-23-18-26-64(50-55)75-71-33-16-12-29-67(71)68-30-13-17-34-72(68)75)63-45-39-60(40-46-63)73(59-24-8-3-9-25-59)69-31-14-10-27-65(69)66-28-11-15-32-70(66)73;1-4-18-51(19-5-1)56-48-57(52-20-6-2-7-21-52)50-58(49-56)55-36-42-62(43-37-55)74(61-40-32-53(33-41-61)54-34-44-64(45-35-54)75-71-30-16-12-26-67(71)68-27-13-17-31-72(68)75)63-46-38-60(39-47-63)73(59-22-8-3-9-23-59)69-28-14-10-24-65(69)66-25-11-15-29-70(66)73/h2*1-50H. The van der Waals surface area contributed by atoms with Gasteiger partial charge in [0.25, 0.3) is 0 Å². The molecule has 2 heterocycles. The van der Waals surface area contributed by atoms with Crippen molar-refractivity contribution >= 4 is 77.7 Å². The van der Waals surface area contributed by atoms with Crippen molar-refractivity contribution in [2.75, 3.05) is 9.80 Å². The third-order valence-corrected chi connectivity index (χ3v) is 31.0. The van der Waals surface area contributed by atoms with E-state index in [1.54, 1.807) is 0 Å². The molecular formula is C146H100N4. The van der Waals surface area contributed by atoms with Crippen LogP contribution in [0, 0.1) is 0 Å². The zero-order valence-corrected chi connectivity index (χ0v) is 82.5. The molecule has 2 aromatic heterocycles. The summed E-state index contributed by atoms with van der Waals surface area (Å²) in [7, 11) is 0. The van der Waals surface area contributed by atoms with Crippen LogP contribution in [0.4, 0.5) is 34.1 Å². The fourth-order valence-corrected chi connectivity index (χ4v) is 24.1. The highest BCUT2D eigenvalue weighted by molar-refractivity contribution is 6.11. The van der Waals surface area contributed by atoms with Crippen molar-refractivity contribution in [3.63, 3.8) is 0 Å². The minimum absolute atomic E-state index is 0.481. The normalized spacial score (nSPS) is 12.4. The van der Waals surface area contributed by atoms with E-state index in [1.807, 2.05) is 0 Å². The first kappa shape index (κ1) is 89.3. The van der Waals surface area contributed by atoms with Crippen molar-refractivity contribution in [1.29, 1.82) is 0 Å². The number of rotatable bonds is 20. The zero-order chi connectivity index (χ0) is 99.4. The molecule has 0 spiro atoms. The first-order chi connectivity index (χ1) is 74.4. The van der Waals surface area contributed by atoms with Crippen LogP contribution in [0.1, 0.15) is 44.5 Å². The van der Waals surface area contributed by atoms with E-state index in [0.29, 0.717) is 0 Å². The van der Waals surface area contributed by atoms with Crippen molar-refractivity contribution in [1.82, 2.24) is 9.13 Å². The molecule has 0 saturated carbocycles. The van der Waals surface area contributed by atoms with Crippen LogP contribution in [-0.2, 0) is 10.8 Å². The maximum absolute atomic E-state index is 2.40. The minimum atomic E-state index is -0.484. The molecule has 0 aliphatic heterocycles. The van der Waals surface area contributed by atoms with Gasteiger partial charge in [0.15, 0.2) is 0 Å². The molecule has 0 amide bonds. The van der Waals surface area contributed by atoms with Crippen LogP contribution in [0.15, 0.2) is 607 Å². The number of fused-ring (bicyclic) bond motifs is 12. The van der Waals surface area contributed by atoms with Crippen LogP contribution in [0.25, 0.3) is 166 Å². The Morgan fingerprint density at radius 2 is 0.327 bits per heavy atom. The molecule has 26 aromatic rings. The average Bonchev–Trinajstić information content (AvgIpc) is 1.54. The van der Waals surface area contributed by atoms with E-state index in [9.17, 15) is 0 Å². The van der Waals surface area contributed by atoms with E-state index < -0.39 is 10.8 Å². The fraction of sp³-hybridized carbons (Fsp3) is 0.0137. The number of hydrogen-bond acceptors (Lipinski definition) is 2. The van der Waals surface area contributed by atoms with Crippen molar-refractivity contribution in [3.05, 3.63) is 651 Å². The van der Waals surface area contributed by atoms with Gasteiger partial charge in [-0.3, -0.25) is 0 Å². The molecule has 2 aliphatic rings. The van der Waals surface area contributed by atoms with Gasteiger partial charge in [0.1, 0.15) is 0 Å². The highest BCUT2D eigenvalue weighted by Crippen LogP contribution is 2.59. The van der Waals surface area contributed by atoms with E-state index in [1.165, 1.54) is 172 Å². The second-order valence-corrected chi connectivity index (χ2v) is 39.3. The second kappa shape index (κ2) is 38.2. The maximum Gasteiger partial charge on any atom is 0.0713 e. The lowest BCUT2D eigenvalue weighted by Crippen LogP contribution is -2.28. The lowest BCUT2D eigenvalue weighted by Gasteiger charge is -2.34. The molecule has 0 saturated heterocycles. The Hall–Kier alpha value is -19.5. The molecule has 2 aliphatic carbocycles. The van der Waals surface area contributed by atoms with Crippen LogP contribution in [0.2, 0.25) is 0 Å². The highest BCUT2D eigenvalue weighted by Gasteiger charge is 2.48. The van der Waals surface area contributed by atoms with Gasteiger partial charge in [-0.1, -0.05) is 449 Å². The van der Waals surface area contributed by atoms with Gasteiger partial charge < -0.3 is 18.9 Å². The predicted octanol–water partition coefficient (Wildman–Crippen LogP) is 38.6. The molecule has 0 fully saturated rings. The van der Waals surface area contributed by atoms with E-state index in [0.717, 1.165) is 73.3 Å². The Morgan fingerprint density at radius 3 is 0.613 bits per heavy atom. The zero-order valence-electron chi connectivity index (χ0n) is 82.5. The third-order valence-electron chi connectivity index (χ3n) is 31.0. The summed E-state index contributed by atoms with van der Waals surface area (Å²) >= 11 is 0. The number of aromatic nitrogens is 2. The summed E-state index contributed by atoms with van der Waals surface area (Å²) < 4.78 is 4.77. The van der Waals surface area contributed by atoms with Crippen LogP contribution >= 0.6 is 0 Å². The summed E-state index contributed by atoms with van der Waals surface area (Å²) in [5.74, 6) is 0. The second-order valence-electron chi connectivity index (χ2n) is 39.3. The van der Waals surface area contributed by atoms with Gasteiger partial charge in [0.05, 0.1) is 32.9 Å². The number of nitrogens with zero attached hydrogens (tertiary/aromatic N) is 4. The van der Waals surface area contributed by atoms with Gasteiger partial charge in [-0.15, -0.1) is 0 Å². The summed E-state index contributed by atoms with van der Waals surface area (Å²) in [5, 5.41) is 5.05. The molecule has 28 rings (SSSR count). The van der Waals surface area contributed by atoms with Crippen molar-refractivity contribution in [3.8, 4) is 123 Å². The van der Waals surface area contributed by atoms with Gasteiger partial charge in [-0.05, 0) is 314 Å². The van der Waals surface area contributed by atoms with E-state index in [4.69, 9.17) is 0 Å². The molecule has 24 aromatic carbocycles. The molecule has 0 radical (unpaired) electrons. The Morgan fingerprint density at radius 1 is 0.127 bits per heavy atom. The largest absolute Gasteiger partial charge is 0.311 e. The van der Waals surface area contributed by atoms with Gasteiger partial charge in [-0.25, -0.2) is 0 Å². The molecule has 0 N–H and O–H groups in total. The van der Waals surface area contributed by atoms with Crippen molar-refractivity contribution in [2.24, 2.45) is 0 Å². The van der Waals surface area contributed by atoms with Gasteiger partial charge in [-0.2, -0.15) is 0 Å². The molecule has 0 atom stereocenters. The van der Waals surface area contributed by atoms with Gasteiger partial charge in [0, 0.05) is 67.0 Å². The van der Waals surface area contributed by atoms with E-state index in [-0.39, 0.29) is 0 Å². The van der Waals surface area contributed by atoms with Gasteiger partial charge in [0.2, 0.25) is 0 Å². The molecule has 704 valence electrons. The predicted molar refractivity (Wildman–Crippen MR) is 629 cm³/mol. The number of para-hydroxylation sites is 4. The fourth-order valence-electron chi connectivity index (χ4n) is 24.1. The average molecular weight is 1910 g/mol. The Balaban J connectivity index is 0.000000148. The van der Waals surface area contributed by atoms with Crippen LogP contribution < -0.4 is 9.80 Å². The molecule has 0 unspecified atom stereocenters. The highest BCUT2D eigenvalue weighted by atomic mass is 15.1. The first-order valence-electron chi connectivity index (χ1n) is 51.8. The van der Waals surface area contributed by atoms with Crippen LogP contribution in [0.3, 0.4) is 0 Å². The summed E-state index contributed by atoms with van der Waals surface area (Å²) in [6, 6.07) is 222. The monoisotopic (exact) mass is 1910 g/mol. The van der Waals surface area contributed by atoms with E-state index in [2.05, 4.69) is 626 Å². The Labute approximate surface area is 874 Å². The lowest BCUT2D eigenvalue weighted by molar-refractivity contribution is 0.768. The first-order valence-corrected chi connectivity index (χ1v) is 51.8. The summed E-state index contributed by atoms with van der Waals surface area (Å²) in [6.45, 7) is 0. The molecule has 0 bridgehead atoms. The van der Waals surface area contributed by atoms with Crippen LogP contribution in [0.5, 0.6) is 0 Å². The number of hydrogen-bond donors (Lipinski definition) is 0. The number of anilines is 6. The van der Waals surface area contributed by atoms with E-state index >= 15 is 0 Å². The summed E-state index contributed by atoms with van der Waals surface area (Å²) in [5.41, 5.74) is 46.8. The Kier molecular flexibility index (Phi) is 22.8. The van der Waals surface area contributed by atoms with Crippen LogP contribution in [-0.4, -0.2) is 9.13 Å². The topological polar surface area (TPSA) is 16.3 Å². The van der Waals surface area contributed by atoms with Crippen molar-refractivity contribution < 1.29 is 0 Å². The third kappa shape index (κ3) is 15.7. The SMILES string of the molecule is c1ccc(-c2cc(-c3ccccc3)cc(-c3ccc(N(c4ccc(-c5ccc(-n6c7ccccc7c7ccccc76)cc5)cc4)c4ccc(C5(c6ccccc6)c6ccccc6-c6ccccc65)cc4)cc3)c2)cc1.c1ccc(-c2cc(-c3ccccc3)cc(-c3ccc(N(c4ccc(-c5cccc(-n6c7ccccc7c7ccccc76)c5)cc4)c4ccc(C5(c6ccccc6)c6ccccc6-c6ccccc65)cc4)cc3)c2)cc1. The molecule has 150 heavy (non-hydrogen) atoms. The maximum atomic E-state index is 2.40. The van der Waals surface area contributed by atoms with Crippen molar-refractivity contribution in [2.45, 2.75) is 10.8 Å². The van der Waals surface area contributed by atoms with Gasteiger partial charge >= 0.3 is 0 Å². The molecule has 4 heteroatoms. The summed E-state index contributed by atoms with van der Waals surface area (Å²) in [6.07, 6.45) is 0. The Bertz CT molecular complexity index is 9160. The quantitative estimate of drug-likeness (QED) is 0.0756.